The molecule has 0 heterocycles. The number of halogens is 2. The Labute approximate surface area is 74.8 Å². The molecule has 0 saturated heterocycles. The van der Waals surface area contributed by atoms with Crippen LogP contribution in [-0.4, -0.2) is 11.7 Å². The fourth-order valence-electron chi connectivity index (χ4n) is 0.901. The van der Waals surface area contributed by atoms with Crippen molar-refractivity contribution < 1.29 is 9.50 Å². The van der Waals surface area contributed by atoms with E-state index in [1.54, 1.807) is 0 Å². The molecule has 0 saturated carbocycles. The highest BCUT2D eigenvalue weighted by Gasteiger charge is 2.08. The van der Waals surface area contributed by atoms with Gasteiger partial charge in [0.25, 0.3) is 0 Å². The summed E-state index contributed by atoms with van der Waals surface area (Å²) in [5.74, 6) is -0.408. The minimum Gasteiger partial charge on any atom is -0.394 e. The normalized spacial score (nSPS) is 13.0. The summed E-state index contributed by atoms with van der Waals surface area (Å²) in [6.07, 6.45) is 0. The molecule has 0 aliphatic carbocycles. The Morgan fingerprint density at radius 1 is 1.58 bits per heavy atom. The molecule has 1 rings (SSSR count). The molecule has 1 aromatic carbocycles. The van der Waals surface area contributed by atoms with Gasteiger partial charge in [-0.25, -0.2) is 4.39 Å². The van der Waals surface area contributed by atoms with Crippen LogP contribution in [0.15, 0.2) is 18.2 Å². The van der Waals surface area contributed by atoms with Crippen LogP contribution >= 0.6 is 11.6 Å². The largest absolute Gasteiger partial charge is 0.394 e. The van der Waals surface area contributed by atoms with E-state index in [9.17, 15) is 4.39 Å². The van der Waals surface area contributed by atoms with Crippen molar-refractivity contribution in [1.29, 1.82) is 0 Å². The predicted molar refractivity (Wildman–Crippen MR) is 45.4 cm³/mol. The fourth-order valence-corrected chi connectivity index (χ4v) is 1.21. The van der Waals surface area contributed by atoms with Gasteiger partial charge in [0, 0.05) is 5.02 Å². The van der Waals surface area contributed by atoms with Gasteiger partial charge in [0.05, 0.1) is 12.6 Å². The Morgan fingerprint density at radius 2 is 2.25 bits per heavy atom. The third-order valence-electron chi connectivity index (χ3n) is 1.56. The third-order valence-corrected chi connectivity index (χ3v) is 1.89. The van der Waals surface area contributed by atoms with Crippen molar-refractivity contribution in [3.05, 3.63) is 34.6 Å². The molecule has 2 nitrogen and oxygen atoms in total. The predicted octanol–water partition coefficient (Wildman–Crippen LogP) is 1.47. The highest BCUT2D eigenvalue weighted by atomic mass is 35.5. The molecule has 0 unspecified atom stereocenters. The zero-order valence-corrected chi connectivity index (χ0v) is 7.05. The third kappa shape index (κ3) is 1.94. The lowest BCUT2D eigenvalue weighted by Gasteiger charge is -2.09. The lowest BCUT2D eigenvalue weighted by atomic mass is 10.1. The molecule has 0 spiro atoms. The molecule has 0 bridgehead atoms. The van der Waals surface area contributed by atoms with E-state index in [-0.39, 0.29) is 11.6 Å². The van der Waals surface area contributed by atoms with Crippen LogP contribution in [0.5, 0.6) is 0 Å². The molecular weight excluding hydrogens is 181 g/mol. The van der Waals surface area contributed by atoms with Crippen LogP contribution in [-0.2, 0) is 0 Å². The molecule has 12 heavy (non-hydrogen) atoms. The zero-order chi connectivity index (χ0) is 9.14. The van der Waals surface area contributed by atoms with E-state index in [0.717, 1.165) is 0 Å². The van der Waals surface area contributed by atoms with Gasteiger partial charge in [-0.2, -0.15) is 0 Å². The maximum absolute atomic E-state index is 12.5. The lowest BCUT2D eigenvalue weighted by molar-refractivity contribution is 0.268. The summed E-state index contributed by atoms with van der Waals surface area (Å²) >= 11 is 5.67. The first-order valence-electron chi connectivity index (χ1n) is 3.46. The molecule has 0 aromatic heterocycles. The van der Waals surface area contributed by atoms with Gasteiger partial charge in [0.15, 0.2) is 0 Å². The molecule has 0 aliphatic heterocycles. The molecule has 66 valence electrons. The van der Waals surface area contributed by atoms with Gasteiger partial charge in [-0.3, -0.25) is 0 Å². The molecule has 4 heteroatoms. The van der Waals surface area contributed by atoms with Crippen LogP contribution < -0.4 is 5.73 Å². The summed E-state index contributed by atoms with van der Waals surface area (Å²) in [5.41, 5.74) is 6.04. The Kier molecular flexibility index (Phi) is 3.03. The first kappa shape index (κ1) is 9.45. The Morgan fingerprint density at radius 3 is 2.75 bits per heavy atom. The number of rotatable bonds is 2. The van der Waals surface area contributed by atoms with Gasteiger partial charge in [0.1, 0.15) is 5.82 Å². The first-order valence-corrected chi connectivity index (χ1v) is 3.84. The van der Waals surface area contributed by atoms with E-state index in [1.165, 1.54) is 18.2 Å². The van der Waals surface area contributed by atoms with Gasteiger partial charge in [0.2, 0.25) is 0 Å². The topological polar surface area (TPSA) is 46.2 Å². The van der Waals surface area contributed by atoms with Crippen molar-refractivity contribution in [2.45, 2.75) is 6.04 Å². The van der Waals surface area contributed by atoms with Crippen LogP contribution in [0.25, 0.3) is 0 Å². The Balaban J connectivity index is 3.01. The number of hydrogen-bond donors (Lipinski definition) is 2. The number of benzene rings is 1. The van der Waals surface area contributed by atoms with Crippen molar-refractivity contribution in [3.63, 3.8) is 0 Å². The highest BCUT2D eigenvalue weighted by molar-refractivity contribution is 6.31. The summed E-state index contributed by atoms with van der Waals surface area (Å²) < 4.78 is 12.5. The average Bonchev–Trinajstić information content (AvgIpc) is 2.03. The van der Waals surface area contributed by atoms with Crippen LogP contribution in [0.3, 0.4) is 0 Å². The molecule has 1 aromatic rings. The summed E-state index contributed by atoms with van der Waals surface area (Å²) in [5, 5.41) is 8.95. The number of hydrogen-bond acceptors (Lipinski definition) is 2. The average molecular weight is 190 g/mol. The second-order valence-corrected chi connectivity index (χ2v) is 2.86. The number of aliphatic hydroxyl groups is 1. The SMILES string of the molecule is N[C@@H](CO)c1ccc(F)cc1Cl. The quantitative estimate of drug-likeness (QED) is 0.740. The van der Waals surface area contributed by atoms with Gasteiger partial charge in [-0.05, 0) is 17.7 Å². The molecule has 0 amide bonds. The molecular formula is C8H9ClFNO. The second kappa shape index (κ2) is 3.85. The molecule has 0 fully saturated rings. The minimum atomic E-state index is -0.543. The number of nitrogens with two attached hydrogens (primary N) is 1. The van der Waals surface area contributed by atoms with E-state index in [0.29, 0.717) is 5.56 Å². The highest BCUT2D eigenvalue weighted by Crippen LogP contribution is 2.21. The zero-order valence-electron chi connectivity index (χ0n) is 6.30. The lowest BCUT2D eigenvalue weighted by Crippen LogP contribution is -2.14. The van der Waals surface area contributed by atoms with Crippen molar-refractivity contribution in [3.8, 4) is 0 Å². The van der Waals surface area contributed by atoms with E-state index in [4.69, 9.17) is 22.4 Å². The summed E-state index contributed by atoms with van der Waals surface area (Å²) in [4.78, 5) is 0. The summed E-state index contributed by atoms with van der Waals surface area (Å²) in [6.45, 7) is -0.203. The second-order valence-electron chi connectivity index (χ2n) is 2.45. The molecule has 0 radical (unpaired) electrons. The van der Waals surface area contributed by atoms with Crippen molar-refractivity contribution in [2.24, 2.45) is 5.73 Å². The summed E-state index contributed by atoms with van der Waals surface area (Å²) in [6, 6.07) is 3.36. The molecule has 0 aliphatic rings. The van der Waals surface area contributed by atoms with Crippen LogP contribution in [0.4, 0.5) is 4.39 Å². The van der Waals surface area contributed by atoms with Crippen LogP contribution in [0.1, 0.15) is 11.6 Å². The van der Waals surface area contributed by atoms with Crippen molar-refractivity contribution in [2.75, 3.05) is 6.61 Å². The fraction of sp³-hybridized carbons (Fsp3) is 0.250. The summed E-state index contributed by atoms with van der Waals surface area (Å²) in [7, 11) is 0. The maximum atomic E-state index is 12.5. The maximum Gasteiger partial charge on any atom is 0.124 e. The minimum absolute atomic E-state index is 0.203. The van der Waals surface area contributed by atoms with E-state index < -0.39 is 11.9 Å². The van der Waals surface area contributed by atoms with E-state index in [1.807, 2.05) is 0 Å². The molecule has 3 N–H and O–H groups in total. The standard InChI is InChI=1S/C8H9ClFNO/c9-7-3-5(10)1-2-6(7)8(11)4-12/h1-3,8,12H,4,11H2/t8-/m0/s1. The van der Waals surface area contributed by atoms with Crippen molar-refractivity contribution in [1.82, 2.24) is 0 Å². The van der Waals surface area contributed by atoms with Gasteiger partial charge >= 0.3 is 0 Å². The van der Waals surface area contributed by atoms with Crippen molar-refractivity contribution >= 4 is 11.6 Å². The monoisotopic (exact) mass is 189 g/mol. The Bertz CT molecular complexity index is 280. The smallest absolute Gasteiger partial charge is 0.124 e. The van der Waals surface area contributed by atoms with Gasteiger partial charge in [-0.1, -0.05) is 17.7 Å². The van der Waals surface area contributed by atoms with Gasteiger partial charge < -0.3 is 10.8 Å². The van der Waals surface area contributed by atoms with Gasteiger partial charge in [-0.15, -0.1) is 0 Å². The molecule has 1 atom stereocenters. The van der Waals surface area contributed by atoms with E-state index >= 15 is 0 Å². The van der Waals surface area contributed by atoms with E-state index in [2.05, 4.69) is 0 Å². The Hall–Kier alpha value is -0.640. The van der Waals surface area contributed by atoms with Crippen LogP contribution in [0, 0.1) is 5.82 Å². The van der Waals surface area contributed by atoms with Crippen LogP contribution in [0.2, 0.25) is 5.02 Å². The first-order chi connectivity index (χ1) is 5.65. The number of aliphatic hydroxyl groups excluding tert-OH is 1.